The van der Waals surface area contributed by atoms with Crippen LogP contribution in [-0.4, -0.2) is 29.8 Å². The Labute approximate surface area is 233 Å². The average molecular weight is 537 g/mol. The van der Waals surface area contributed by atoms with Gasteiger partial charge < -0.3 is 20.5 Å². The Morgan fingerprint density at radius 2 is 1.77 bits per heavy atom. The number of para-hydroxylation sites is 3. The molecule has 0 saturated heterocycles. The Morgan fingerprint density at radius 3 is 2.60 bits per heavy atom. The van der Waals surface area contributed by atoms with Crippen molar-refractivity contribution in [2.24, 2.45) is 5.41 Å². The van der Waals surface area contributed by atoms with Crippen molar-refractivity contribution in [3.8, 4) is 0 Å². The van der Waals surface area contributed by atoms with Crippen LogP contribution in [0.25, 0.3) is 10.9 Å². The highest BCUT2D eigenvalue weighted by molar-refractivity contribution is 6.02. The van der Waals surface area contributed by atoms with E-state index in [1.54, 1.807) is 12.1 Å². The van der Waals surface area contributed by atoms with Crippen LogP contribution in [0.5, 0.6) is 0 Å². The van der Waals surface area contributed by atoms with Crippen molar-refractivity contribution in [1.82, 2.24) is 10.3 Å². The summed E-state index contributed by atoms with van der Waals surface area (Å²) < 4.78 is 14.0. The zero-order valence-corrected chi connectivity index (χ0v) is 22.8. The molecular weight excluding hydrogens is 503 g/mol. The summed E-state index contributed by atoms with van der Waals surface area (Å²) in [5.41, 5.74) is 5.98. The lowest BCUT2D eigenvalue weighted by molar-refractivity contribution is -0.120. The molecule has 3 aromatic carbocycles. The van der Waals surface area contributed by atoms with Gasteiger partial charge in [0.2, 0.25) is 5.91 Å². The van der Waals surface area contributed by atoms with Crippen molar-refractivity contribution in [1.29, 1.82) is 0 Å². The van der Waals surface area contributed by atoms with Crippen LogP contribution in [0.2, 0.25) is 0 Å². The first-order valence-corrected chi connectivity index (χ1v) is 13.8. The number of ketones is 1. The smallest absolute Gasteiger partial charge is 0.239 e. The number of Topliss-reactive ketones (excluding diaryl/α,β-unsaturated/α-hetero) is 1. The first-order chi connectivity index (χ1) is 19.3. The molecule has 6 rings (SSSR count). The second-order valence-corrected chi connectivity index (χ2v) is 11.5. The summed E-state index contributed by atoms with van der Waals surface area (Å²) in [6.07, 6.45) is 3.79. The van der Waals surface area contributed by atoms with E-state index in [1.165, 1.54) is 12.1 Å². The van der Waals surface area contributed by atoms with E-state index in [1.807, 2.05) is 53.6 Å². The van der Waals surface area contributed by atoms with E-state index in [2.05, 4.69) is 35.5 Å². The third-order valence-corrected chi connectivity index (χ3v) is 7.90. The molecule has 1 unspecified atom stereocenters. The van der Waals surface area contributed by atoms with Crippen molar-refractivity contribution < 1.29 is 14.0 Å². The molecule has 0 bridgehead atoms. The fraction of sp³-hybridized carbons (Fsp3) is 0.273. The zero-order valence-electron chi connectivity index (χ0n) is 22.8. The summed E-state index contributed by atoms with van der Waals surface area (Å²) >= 11 is 0. The Morgan fingerprint density at radius 1 is 1.02 bits per heavy atom. The molecule has 0 spiro atoms. The highest BCUT2D eigenvalue weighted by atomic mass is 19.1. The molecule has 40 heavy (non-hydrogen) atoms. The lowest BCUT2D eigenvalue weighted by Gasteiger charge is -2.37. The van der Waals surface area contributed by atoms with Crippen molar-refractivity contribution in [2.45, 2.75) is 39.2 Å². The van der Waals surface area contributed by atoms with Crippen LogP contribution in [0.15, 0.2) is 90.3 Å². The second kappa shape index (κ2) is 10.3. The summed E-state index contributed by atoms with van der Waals surface area (Å²) in [4.78, 5) is 32.5. The number of benzene rings is 3. The number of H-pyrrole nitrogens is 1. The van der Waals surface area contributed by atoms with Crippen LogP contribution >= 0.6 is 0 Å². The number of carbonyl (C=O) groups is 2. The Hall–Kier alpha value is -4.39. The molecule has 0 radical (unpaired) electrons. The van der Waals surface area contributed by atoms with E-state index in [-0.39, 0.29) is 29.5 Å². The monoisotopic (exact) mass is 536 g/mol. The molecule has 4 aromatic rings. The number of allylic oxidation sites excluding steroid dienone is 1. The van der Waals surface area contributed by atoms with Crippen molar-refractivity contribution in [3.63, 3.8) is 0 Å². The van der Waals surface area contributed by atoms with Gasteiger partial charge >= 0.3 is 0 Å². The van der Waals surface area contributed by atoms with E-state index >= 15 is 0 Å². The Bertz CT molecular complexity index is 1620. The van der Waals surface area contributed by atoms with Gasteiger partial charge in [-0.25, -0.2) is 4.39 Å². The fourth-order valence-corrected chi connectivity index (χ4v) is 6.10. The predicted octanol–water partition coefficient (Wildman–Crippen LogP) is 6.28. The minimum atomic E-state index is -0.533. The predicted molar refractivity (Wildman–Crippen MR) is 157 cm³/mol. The number of amides is 1. The number of nitrogens with zero attached hydrogens (tertiary/aromatic N) is 1. The van der Waals surface area contributed by atoms with Crippen molar-refractivity contribution in [2.75, 3.05) is 23.3 Å². The van der Waals surface area contributed by atoms with Gasteiger partial charge in [0.25, 0.3) is 0 Å². The number of aromatic nitrogens is 1. The molecule has 2 heterocycles. The van der Waals surface area contributed by atoms with Crippen molar-refractivity contribution >= 4 is 34.0 Å². The van der Waals surface area contributed by atoms with Gasteiger partial charge in [-0.2, -0.15) is 0 Å². The Kier molecular flexibility index (Phi) is 6.66. The summed E-state index contributed by atoms with van der Waals surface area (Å²) in [6.45, 7) is 4.72. The number of hydrogen-bond acceptors (Lipinski definition) is 4. The standard InChI is InChI=1S/C33H33FN4O2/c1-33(2)17-27-31(29(39)18-33)32(21-11-13-23(34)14-12-21)38(28-10-6-5-9-26(28)37-27)20-30(40)35-16-15-22-19-36-25-8-4-3-7-24(22)25/h3-14,19,32,36-37H,15-18,20H2,1-2H3,(H,35,40). The molecule has 3 N–H and O–H groups in total. The maximum absolute atomic E-state index is 14.0. The number of halogens is 1. The summed E-state index contributed by atoms with van der Waals surface area (Å²) in [5.74, 6) is -0.442. The molecule has 7 heteroatoms. The minimum absolute atomic E-state index is 0.0437. The van der Waals surface area contributed by atoms with E-state index in [9.17, 15) is 14.0 Å². The number of rotatable bonds is 6. The summed E-state index contributed by atoms with van der Waals surface area (Å²) in [6, 6.07) is 21.7. The van der Waals surface area contributed by atoms with E-state index in [0.29, 0.717) is 31.4 Å². The van der Waals surface area contributed by atoms with Gasteiger partial charge in [-0.05, 0) is 59.7 Å². The highest BCUT2D eigenvalue weighted by Crippen LogP contribution is 2.48. The van der Waals surface area contributed by atoms with Gasteiger partial charge in [-0.1, -0.05) is 56.3 Å². The molecule has 1 amide bonds. The van der Waals surface area contributed by atoms with Crippen LogP contribution in [0.1, 0.15) is 43.9 Å². The summed E-state index contributed by atoms with van der Waals surface area (Å²) in [7, 11) is 0. The quantitative estimate of drug-likeness (QED) is 0.271. The van der Waals surface area contributed by atoms with Crippen LogP contribution in [0, 0.1) is 11.2 Å². The van der Waals surface area contributed by atoms with Gasteiger partial charge in [-0.3, -0.25) is 9.59 Å². The maximum atomic E-state index is 14.0. The van der Waals surface area contributed by atoms with Gasteiger partial charge in [0.15, 0.2) is 5.78 Å². The van der Waals surface area contributed by atoms with Gasteiger partial charge in [0.05, 0.1) is 24.0 Å². The van der Waals surface area contributed by atoms with Gasteiger partial charge in [-0.15, -0.1) is 0 Å². The SMILES string of the molecule is CC1(C)CC(=O)C2=C(C1)Nc1ccccc1N(CC(=O)NCCc1c[nH]c3ccccc13)C2c1ccc(F)cc1. The molecule has 1 atom stereocenters. The number of fused-ring (bicyclic) bond motifs is 2. The number of hydrogen-bond donors (Lipinski definition) is 3. The van der Waals surface area contributed by atoms with E-state index < -0.39 is 6.04 Å². The molecule has 0 saturated carbocycles. The van der Waals surface area contributed by atoms with Gasteiger partial charge in [0.1, 0.15) is 5.82 Å². The third kappa shape index (κ3) is 4.99. The molecule has 204 valence electrons. The fourth-order valence-electron chi connectivity index (χ4n) is 6.10. The largest absolute Gasteiger partial charge is 0.361 e. The summed E-state index contributed by atoms with van der Waals surface area (Å²) in [5, 5.41) is 7.79. The Balaban J connectivity index is 1.33. The number of aromatic amines is 1. The highest BCUT2D eigenvalue weighted by Gasteiger charge is 2.41. The first kappa shape index (κ1) is 25.9. The maximum Gasteiger partial charge on any atom is 0.239 e. The van der Waals surface area contributed by atoms with E-state index in [0.717, 1.165) is 39.1 Å². The third-order valence-electron chi connectivity index (χ3n) is 7.90. The van der Waals surface area contributed by atoms with Crippen LogP contribution in [0.4, 0.5) is 15.8 Å². The average Bonchev–Trinajstić information content (AvgIpc) is 3.27. The van der Waals surface area contributed by atoms with E-state index in [4.69, 9.17) is 0 Å². The van der Waals surface area contributed by atoms with Gasteiger partial charge in [0, 0.05) is 41.3 Å². The lowest BCUT2D eigenvalue weighted by Crippen LogP contribution is -2.42. The first-order valence-electron chi connectivity index (χ1n) is 13.8. The molecule has 1 aromatic heterocycles. The van der Waals surface area contributed by atoms with Crippen LogP contribution in [0.3, 0.4) is 0 Å². The topological polar surface area (TPSA) is 77.2 Å². The molecule has 1 aliphatic carbocycles. The second-order valence-electron chi connectivity index (χ2n) is 11.5. The molecular formula is C33H33FN4O2. The zero-order chi connectivity index (χ0) is 27.9. The molecule has 0 fully saturated rings. The van der Waals surface area contributed by atoms with Crippen molar-refractivity contribution in [3.05, 3.63) is 107 Å². The molecule has 2 aliphatic rings. The number of carbonyl (C=O) groups excluding carboxylic acids is 2. The molecule has 6 nitrogen and oxygen atoms in total. The minimum Gasteiger partial charge on any atom is -0.361 e. The number of nitrogens with one attached hydrogen (secondary N) is 3. The van der Waals surface area contributed by atoms with Crippen LogP contribution < -0.4 is 15.5 Å². The normalized spacial score (nSPS) is 18.1. The lowest BCUT2D eigenvalue weighted by atomic mass is 9.73. The van der Waals surface area contributed by atoms with Crippen LogP contribution in [-0.2, 0) is 16.0 Å². The number of anilines is 2. The molecule has 1 aliphatic heterocycles.